The van der Waals surface area contributed by atoms with Crippen LogP contribution in [0.5, 0.6) is 5.75 Å². The molecule has 2 aromatic rings. The van der Waals surface area contributed by atoms with Crippen molar-refractivity contribution in [2.75, 3.05) is 5.73 Å². The molecule has 1 unspecified atom stereocenters. The molecule has 2 aromatic carbocycles. The number of primary amides is 1. The Kier molecular flexibility index (Phi) is 3.43. The highest BCUT2D eigenvalue weighted by atomic mass is 16.6. The first-order valence-corrected chi connectivity index (χ1v) is 10.4. The number of hydrogen-bond acceptors (Lipinski definition) is 8. The number of nitrogen functional groups attached to an aromatic ring is 1. The van der Waals surface area contributed by atoms with Crippen LogP contribution in [0.1, 0.15) is 28.8 Å². The van der Waals surface area contributed by atoms with Gasteiger partial charge < -0.3 is 26.4 Å². The van der Waals surface area contributed by atoms with Gasteiger partial charge in [-0.25, -0.2) is 0 Å². The maximum absolute atomic E-state index is 13.6. The minimum absolute atomic E-state index is 0.0396. The first-order chi connectivity index (χ1) is 15.6. The fourth-order valence-corrected chi connectivity index (χ4v) is 6.00. The van der Waals surface area contributed by atoms with Crippen LogP contribution in [0.4, 0.5) is 5.69 Å². The number of carbonyl (C=O) groups excluding carboxylic acids is 2. The van der Waals surface area contributed by atoms with Gasteiger partial charge in [-0.3, -0.25) is 19.2 Å². The molecule has 6 N–H and O–H groups in total. The van der Waals surface area contributed by atoms with Gasteiger partial charge in [0.2, 0.25) is 10.9 Å². The van der Waals surface area contributed by atoms with E-state index in [1.54, 1.807) is 0 Å². The number of benzene rings is 1. The summed E-state index contributed by atoms with van der Waals surface area (Å²) < 4.78 is 5.96. The predicted octanol–water partition coefficient (Wildman–Crippen LogP) is 0.893. The first kappa shape index (κ1) is 19.5. The molecule has 1 spiro atoms. The van der Waals surface area contributed by atoms with Crippen LogP contribution in [0.3, 0.4) is 0 Å². The number of Topliss-reactive ketones (excluding diaryl/α,β-unsaturated/α-hetero) is 1. The molecule has 0 bridgehead atoms. The molecule has 33 heavy (non-hydrogen) atoms. The highest BCUT2D eigenvalue weighted by molar-refractivity contribution is 6.15. The number of aliphatic hydroxyl groups is 1. The normalized spacial score (nSPS) is 27.5. The van der Waals surface area contributed by atoms with Crippen molar-refractivity contribution in [3.05, 3.63) is 78.5 Å². The quantitative estimate of drug-likeness (QED) is 0.389. The van der Waals surface area contributed by atoms with Gasteiger partial charge in [-0.15, -0.1) is 0 Å². The average Bonchev–Trinajstić information content (AvgIpc) is 3.51. The molecule has 9 heteroatoms. The van der Waals surface area contributed by atoms with Crippen molar-refractivity contribution in [3.63, 3.8) is 0 Å². The zero-order valence-corrected chi connectivity index (χ0v) is 17.2. The van der Waals surface area contributed by atoms with Gasteiger partial charge in [0, 0.05) is 23.5 Å². The van der Waals surface area contributed by atoms with Crippen molar-refractivity contribution in [1.29, 1.82) is 0 Å². The lowest BCUT2D eigenvalue weighted by Gasteiger charge is -2.37. The third-order valence-electron chi connectivity index (χ3n) is 7.51. The summed E-state index contributed by atoms with van der Waals surface area (Å²) in [6, 6.07) is 2.79. The maximum Gasteiger partial charge on any atom is 0.252 e. The number of phenols is 1. The van der Waals surface area contributed by atoms with Crippen LogP contribution in [-0.2, 0) is 16.0 Å². The molecule has 1 fully saturated rings. The summed E-state index contributed by atoms with van der Waals surface area (Å²) in [6.07, 6.45) is 0.886. The maximum atomic E-state index is 13.6. The average molecular weight is 446 g/mol. The Balaban J connectivity index is 1.52. The molecule has 3 aliphatic carbocycles. The van der Waals surface area contributed by atoms with E-state index in [1.807, 2.05) is 0 Å². The highest BCUT2D eigenvalue weighted by Gasteiger charge is 2.69. The number of epoxide rings is 1. The molecule has 1 amide bonds. The fourth-order valence-electron chi connectivity index (χ4n) is 6.00. The van der Waals surface area contributed by atoms with E-state index >= 15 is 0 Å². The van der Waals surface area contributed by atoms with E-state index in [0.717, 1.165) is 0 Å². The number of anilines is 1. The predicted molar refractivity (Wildman–Crippen MR) is 116 cm³/mol. The van der Waals surface area contributed by atoms with Crippen LogP contribution in [0.25, 0.3) is 11.1 Å². The number of hydrogen-bond donors (Lipinski definition) is 4. The van der Waals surface area contributed by atoms with Crippen LogP contribution >= 0.6 is 0 Å². The zero-order chi connectivity index (χ0) is 23.6. The van der Waals surface area contributed by atoms with Gasteiger partial charge in [-0.1, -0.05) is 12.6 Å². The lowest BCUT2D eigenvalue weighted by Crippen LogP contribution is -2.41. The lowest BCUT2D eigenvalue weighted by molar-refractivity contribution is -0.114. The number of allylic oxidation sites excluding steroid dienone is 2. The molecule has 166 valence electrons. The van der Waals surface area contributed by atoms with E-state index in [2.05, 4.69) is 6.58 Å². The summed E-state index contributed by atoms with van der Waals surface area (Å²) in [5.74, 6) is -1.87. The van der Waals surface area contributed by atoms with Crippen molar-refractivity contribution >= 4 is 17.4 Å². The summed E-state index contributed by atoms with van der Waals surface area (Å²) in [5, 5.41) is 20.9. The standard InChI is InChI=1S/C24H18N2O7/c1-7-14(23(26)32)13(28)6-9-4-8-5-11-10(17-18(25)21(31)20(17)30)2-3-12(27)16(11)19(29)15(8)22-24(7,9)33-22/h2-3,8-9,27-28H,1,4-6,25H2,(H2,26,32)/t8?,9-,24-/m0/s1. The number of ether oxygens (including phenoxy) is 1. The van der Waals surface area contributed by atoms with Crippen molar-refractivity contribution < 1.29 is 24.5 Å². The van der Waals surface area contributed by atoms with Gasteiger partial charge in [-0.05, 0) is 36.0 Å². The second kappa shape index (κ2) is 5.80. The topological polar surface area (TPSA) is 173 Å². The van der Waals surface area contributed by atoms with Crippen LogP contribution < -0.4 is 22.3 Å². The molecular weight excluding hydrogens is 428 g/mol. The number of aliphatic hydroxyl groups excluding tert-OH is 1. The Morgan fingerprint density at radius 1 is 1.12 bits per heavy atom. The molecule has 0 saturated carbocycles. The second-order valence-corrected chi connectivity index (χ2v) is 9.04. The Labute approximate surface area is 186 Å². The molecule has 1 aliphatic heterocycles. The van der Waals surface area contributed by atoms with Crippen LogP contribution in [0.15, 0.2) is 56.5 Å². The Morgan fingerprint density at radius 2 is 1.85 bits per heavy atom. The van der Waals surface area contributed by atoms with Gasteiger partial charge in [0.25, 0.3) is 5.91 Å². The van der Waals surface area contributed by atoms with Gasteiger partial charge in [0.05, 0.1) is 22.4 Å². The number of ketones is 1. The minimum atomic E-state index is -1.06. The zero-order valence-electron chi connectivity index (χ0n) is 17.2. The molecule has 6 rings (SSSR count). The van der Waals surface area contributed by atoms with Gasteiger partial charge in [0.15, 0.2) is 17.1 Å². The molecule has 3 atom stereocenters. The van der Waals surface area contributed by atoms with Gasteiger partial charge >= 0.3 is 0 Å². The summed E-state index contributed by atoms with van der Waals surface area (Å²) in [5.41, 5.74) is 9.94. The monoisotopic (exact) mass is 446 g/mol. The number of carbonyl (C=O) groups is 2. The molecule has 4 aliphatic rings. The number of fused-ring (bicyclic) bond motifs is 2. The van der Waals surface area contributed by atoms with Crippen molar-refractivity contribution in [1.82, 2.24) is 0 Å². The minimum Gasteiger partial charge on any atom is -0.511 e. The number of rotatable bonds is 2. The Hall–Kier alpha value is -4.14. The van der Waals surface area contributed by atoms with Crippen molar-refractivity contribution in [2.45, 2.75) is 24.9 Å². The second-order valence-electron chi connectivity index (χ2n) is 9.04. The number of aromatic hydroxyl groups is 1. The largest absolute Gasteiger partial charge is 0.511 e. The molecule has 9 nitrogen and oxygen atoms in total. The summed E-state index contributed by atoms with van der Waals surface area (Å²) in [6.45, 7) is 3.94. The van der Waals surface area contributed by atoms with Crippen LogP contribution in [0.2, 0.25) is 0 Å². The molecule has 0 aromatic heterocycles. The number of amides is 1. The first-order valence-electron chi connectivity index (χ1n) is 10.4. The number of phenolic OH excluding ortho intramolecular Hbond substituents is 1. The van der Waals surface area contributed by atoms with Crippen molar-refractivity contribution in [3.8, 4) is 16.9 Å². The fraction of sp³-hybridized carbons (Fsp3) is 0.250. The van der Waals surface area contributed by atoms with E-state index in [-0.39, 0.29) is 57.7 Å². The smallest absolute Gasteiger partial charge is 0.252 e. The molecule has 0 radical (unpaired) electrons. The molecular formula is C24H18N2O7. The summed E-state index contributed by atoms with van der Waals surface area (Å²) >= 11 is 0. The Bertz CT molecular complexity index is 1520. The van der Waals surface area contributed by atoms with E-state index < -0.39 is 28.1 Å². The van der Waals surface area contributed by atoms with Crippen LogP contribution in [-0.4, -0.2) is 27.5 Å². The van der Waals surface area contributed by atoms with Gasteiger partial charge in [0.1, 0.15) is 11.5 Å². The van der Waals surface area contributed by atoms with Gasteiger partial charge in [-0.2, -0.15) is 0 Å². The number of nitrogens with two attached hydrogens (primary N) is 2. The third-order valence-corrected chi connectivity index (χ3v) is 7.51. The SMILES string of the molecule is C=C1C(C(N)=O)=C(O)C[C@@H]2CC3Cc4c(-c5c(N)c(=O)c5=O)ccc(O)c4C(=O)C3=C3O[C@]132. The highest BCUT2D eigenvalue weighted by Crippen LogP contribution is 2.65. The summed E-state index contributed by atoms with van der Waals surface area (Å²) in [7, 11) is 0. The lowest BCUT2D eigenvalue weighted by atomic mass is 9.62. The van der Waals surface area contributed by atoms with E-state index in [1.165, 1.54) is 12.1 Å². The van der Waals surface area contributed by atoms with E-state index in [4.69, 9.17) is 16.2 Å². The van der Waals surface area contributed by atoms with Crippen molar-refractivity contribution in [2.24, 2.45) is 17.6 Å². The summed E-state index contributed by atoms with van der Waals surface area (Å²) in [4.78, 5) is 49.3. The van der Waals surface area contributed by atoms with E-state index in [9.17, 15) is 29.4 Å². The Morgan fingerprint density at radius 3 is 2.52 bits per heavy atom. The van der Waals surface area contributed by atoms with Crippen LogP contribution in [0, 0.1) is 11.8 Å². The molecule has 1 saturated heterocycles. The van der Waals surface area contributed by atoms with E-state index in [0.29, 0.717) is 35.3 Å². The third kappa shape index (κ3) is 2.11. The molecule has 1 heterocycles.